The molecule has 0 N–H and O–H groups in total. The molecule has 2 heterocycles. The highest BCUT2D eigenvalue weighted by atomic mass is 32.2. The van der Waals surface area contributed by atoms with E-state index in [0.717, 1.165) is 18.6 Å². The number of rotatable bonds is 8. The van der Waals surface area contributed by atoms with Crippen LogP contribution in [-0.2, 0) is 4.74 Å². The van der Waals surface area contributed by atoms with E-state index in [9.17, 15) is 10.1 Å². The molecule has 0 bridgehead atoms. The van der Waals surface area contributed by atoms with Gasteiger partial charge in [0.15, 0.2) is 0 Å². The first kappa shape index (κ1) is 18.7. The van der Waals surface area contributed by atoms with Crippen LogP contribution in [0.5, 0.6) is 0 Å². The first-order valence-corrected chi connectivity index (χ1v) is 9.75. The molecule has 2 aromatic rings. The van der Waals surface area contributed by atoms with Gasteiger partial charge in [-0.3, -0.25) is 10.1 Å². The van der Waals surface area contributed by atoms with E-state index >= 15 is 0 Å². The summed E-state index contributed by atoms with van der Waals surface area (Å²) in [5.41, 5.74) is 1.19. The largest absolute Gasteiger partial charge is 0.411 e. The monoisotopic (exact) mass is 378 g/mol. The van der Waals surface area contributed by atoms with Crippen LogP contribution >= 0.6 is 11.8 Å². The standard InChI is InChI=1S/C17H22N4O4S/c1-2-3-4-11-26-17-19-18-16(25-17)13-5-6-14(15(12-13)21(22)23)20-7-9-24-10-8-20/h5-6,12H,2-4,7-11H2,1H3. The smallest absolute Gasteiger partial charge is 0.293 e. The van der Waals surface area contributed by atoms with Crippen molar-refractivity contribution in [3.63, 3.8) is 0 Å². The van der Waals surface area contributed by atoms with Crippen molar-refractivity contribution >= 4 is 23.1 Å². The average molecular weight is 378 g/mol. The maximum absolute atomic E-state index is 11.5. The van der Waals surface area contributed by atoms with Gasteiger partial charge < -0.3 is 14.1 Å². The second kappa shape index (κ2) is 9.00. The molecule has 1 aliphatic rings. The van der Waals surface area contributed by atoms with Gasteiger partial charge in [-0.2, -0.15) is 0 Å². The van der Waals surface area contributed by atoms with Gasteiger partial charge in [0, 0.05) is 30.5 Å². The maximum atomic E-state index is 11.5. The summed E-state index contributed by atoms with van der Waals surface area (Å²) in [5.74, 6) is 1.23. The number of anilines is 1. The fourth-order valence-electron chi connectivity index (χ4n) is 2.77. The van der Waals surface area contributed by atoms with Gasteiger partial charge in [-0.05, 0) is 18.6 Å². The Bertz CT molecular complexity index is 746. The number of thioether (sulfide) groups is 1. The van der Waals surface area contributed by atoms with E-state index in [4.69, 9.17) is 9.15 Å². The maximum Gasteiger partial charge on any atom is 0.293 e. The lowest BCUT2D eigenvalue weighted by Crippen LogP contribution is -2.36. The molecule has 8 nitrogen and oxygen atoms in total. The van der Waals surface area contributed by atoms with Crippen molar-refractivity contribution in [3.05, 3.63) is 28.3 Å². The number of hydrogen-bond acceptors (Lipinski definition) is 8. The van der Waals surface area contributed by atoms with Crippen molar-refractivity contribution in [1.82, 2.24) is 10.2 Å². The van der Waals surface area contributed by atoms with Gasteiger partial charge in [0.2, 0.25) is 5.89 Å². The Balaban J connectivity index is 1.77. The zero-order valence-electron chi connectivity index (χ0n) is 14.7. The van der Waals surface area contributed by atoms with Crippen LogP contribution in [0.25, 0.3) is 11.5 Å². The van der Waals surface area contributed by atoms with Crippen LogP contribution in [0.2, 0.25) is 0 Å². The number of hydrogen-bond donors (Lipinski definition) is 0. The van der Waals surface area contributed by atoms with Crippen molar-refractivity contribution in [1.29, 1.82) is 0 Å². The summed E-state index contributed by atoms with van der Waals surface area (Å²) in [4.78, 5) is 13.1. The highest BCUT2D eigenvalue weighted by Crippen LogP contribution is 2.34. The fourth-order valence-corrected chi connectivity index (χ4v) is 3.53. The lowest BCUT2D eigenvalue weighted by Gasteiger charge is -2.28. The predicted octanol–water partition coefficient (Wildman–Crippen LogP) is 3.76. The minimum Gasteiger partial charge on any atom is -0.411 e. The molecule has 1 aliphatic heterocycles. The highest BCUT2D eigenvalue weighted by molar-refractivity contribution is 7.99. The van der Waals surface area contributed by atoms with Crippen molar-refractivity contribution in [2.75, 3.05) is 37.0 Å². The number of nitrogens with zero attached hydrogens (tertiary/aromatic N) is 4. The fraction of sp³-hybridized carbons (Fsp3) is 0.529. The number of nitro groups is 1. The third-order valence-electron chi connectivity index (χ3n) is 4.15. The van der Waals surface area contributed by atoms with E-state index in [1.165, 1.54) is 24.2 Å². The Labute approximate surface area is 156 Å². The molecule has 0 atom stereocenters. The van der Waals surface area contributed by atoms with Gasteiger partial charge in [-0.25, -0.2) is 0 Å². The van der Waals surface area contributed by atoms with Gasteiger partial charge >= 0.3 is 0 Å². The molecule has 3 rings (SSSR count). The zero-order chi connectivity index (χ0) is 18.4. The van der Waals surface area contributed by atoms with E-state index in [-0.39, 0.29) is 10.6 Å². The molecule has 1 aromatic heterocycles. The summed E-state index contributed by atoms with van der Waals surface area (Å²) in [6.45, 7) is 4.57. The predicted molar refractivity (Wildman–Crippen MR) is 99.7 cm³/mol. The summed E-state index contributed by atoms with van der Waals surface area (Å²) in [5, 5.41) is 20.1. The van der Waals surface area contributed by atoms with Crippen LogP contribution < -0.4 is 4.90 Å². The first-order chi connectivity index (χ1) is 12.7. The number of morpholine rings is 1. The molecule has 0 saturated carbocycles. The van der Waals surface area contributed by atoms with E-state index in [1.54, 1.807) is 12.1 Å². The molecule has 9 heteroatoms. The van der Waals surface area contributed by atoms with Crippen LogP contribution in [0.4, 0.5) is 11.4 Å². The molecule has 26 heavy (non-hydrogen) atoms. The summed E-state index contributed by atoms with van der Waals surface area (Å²) in [7, 11) is 0. The third kappa shape index (κ3) is 4.53. The molecule has 0 aliphatic carbocycles. The van der Waals surface area contributed by atoms with Crippen LogP contribution in [0, 0.1) is 10.1 Å². The van der Waals surface area contributed by atoms with Crippen LogP contribution in [0.3, 0.4) is 0 Å². The van der Waals surface area contributed by atoms with Gasteiger partial charge in [-0.15, -0.1) is 10.2 Å². The van der Waals surface area contributed by atoms with Gasteiger partial charge in [0.1, 0.15) is 5.69 Å². The van der Waals surface area contributed by atoms with Crippen molar-refractivity contribution in [3.8, 4) is 11.5 Å². The van der Waals surface area contributed by atoms with E-state index in [0.29, 0.717) is 48.7 Å². The molecule has 1 aromatic carbocycles. The Morgan fingerprint density at radius 1 is 1.27 bits per heavy atom. The van der Waals surface area contributed by atoms with E-state index in [1.807, 2.05) is 4.90 Å². The molecule has 0 radical (unpaired) electrons. The quantitative estimate of drug-likeness (QED) is 0.296. The van der Waals surface area contributed by atoms with Crippen LogP contribution in [0.1, 0.15) is 26.2 Å². The second-order valence-electron chi connectivity index (χ2n) is 5.99. The molecular weight excluding hydrogens is 356 g/mol. The molecule has 0 unspecified atom stereocenters. The van der Waals surface area contributed by atoms with E-state index in [2.05, 4.69) is 17.1 Å². The third-order valence-corrected chi connectivity index (χ3v) is 5.06. The number of benzene rings is 1. The molecule has 0 spiro atoms. The first-order valence-electron chi connectivity index (χ1n) is 8.77. The SMILES string of the molecule is CCCCCSc1nnc(-c2ccc(N3CCOCC3)c([N+](=O)[O-])c2)o1. The van der Waals surface area contributed by atoms with Crippen molar-refractivity contribution in [2.24, 2.45) is 0 Å². The number of ether oxygens (including phenoxy) is 1. The zero-order valence-corrected chi connectivity index (χ0v) is 15.5. The van der Waals surface area contributed by atoms with Crippen LogP contribution in [0.15, 0.2) is 27.8 Å². The summed E-state index contributed by atoms with van der Waals surface area (Å²) >= 11 is 1.52. The number of unbranched alkanes of at least 4 members (excludes halogenated alkanes) is 2. The molecular formula is C17H22N4O4S. The Morgan fingerprint density at radius 2 is 2.08 bits per heavy atom. The molecule has 1 saturated heterocycles. The summed E-state index contributed by atoms with van der Waals surface area (Å²) in [6, 6.07) is 5.04. The lowest BCUT2D eigenvalue weighted by molar-refractivity contribution is -0.384. The molecule has 1 fully saturated rings. The minimum atomic E-state index is -0.370. The van der Waals surface area contributed by atoms with Gasteiger partial charge in [0.05, 0.1) is 18.1 Å². The molecule has 0 amide bonds. The molecule has 140 valence electrons. The Kier molecular flexibility index (Phi) is 6.45. The van der Waals surface area contributed by atoms with Crippen molar-refractivity contribution < 1.29 is 14.1 Å². The minimum absolute atomic E-state index is 0.0414. The average Bonchev–Trinajstić information content (AvgIpc) is 3.14. The lowest BCUT2D eigenvalue weighted by atomic mass is 10.1. The topological polar surface area (TPSA) is 94.5 Å². The number of nitro benzene ring substituents is 1. The normalized spacial score (nSPS) is 14.6. The highest BCUT2D eigenvalue weighted by Gasteiger charge is 2.23. The van der Waals surface area contributed by atoms with Crippen LogP contribution in [-0.4, -0.2) is 47.2 Å². The summed E-state index contributed by atoms with van der Waals surface area (Å²) in [6.07, 6.45) is 3.43. The Hall–Kier alpha value is -2.13. The van der Waals surface area contributed by atoms with Gasteiger partial charge in [0.25, 0.3) is 10.9 Å². The van der Waals surface area contributed by atoms with Crippen molar-refractivity contribution in [2.45, 2.75) is 31.4 Å². The number of aromatic nitrogens is 2. The van der Waals surface area contributed by atoms with E-state index < -0.39 is 0 Å². The Morgan fingerprint density at radius 3 is 2.81 bits per heavy atom. The van der Waals surface area contributed by atoms with Gasteiger partial charge in [-0.1, -0.05) is 31.5 Å². The second-order valence-corrected chi connectivity index (χ2v) is 7.03. The summed E-state index contributed by atoms with van der Waals surface area (Å²) < 4.78 is 11.0.